The van der Waals surface area contributed by atoms with Gasteiger partial charge < -0.3 is 4.90 Å². The van der Waals surface area contributed by atoms with Crippen LogP contribution in [-0.4, -0.2) is 53.5 Å². The maximum atomic E-state index is 12.2. The van der Waals surface area contributed by atoms with Crippen molar-refractivity contribution >= 4 is 15.7 Å². The van der Waals surface area contributed by atoms with E-state index in [9.17, 15) is 13.2 Å². The largest absolute Gasteiger partial charge is 0.339 e. The molecule has 0 unspecified atom stereocenters. The summed E-state index contributed by atoms with van der Waals surface area (Å²) in [5.74, 6) is 0.365. The molecule has 1 amide bonds. The van der Waals surface area contributed by atoms with Crippen LogP contribution in [0.1, 0.15) is 31.4 Å². The first-order chi connectivity index (χ1) is 12.8. The van der Waals surface area contributed by atoms with Crippen LogP contribution in [-0.2, 0) is 14.6 Å². The molecule has 1 aliphatic rings. The molecule has 8 heteroatoms. The number of rotatable bonds is 4. The Morgan fingerprint density at radius 1 is 1.22 bits per heavy atom. The van der Waals surface area contributed by atoms with Gasteiger partial charge >= 0.3 is 0 Å². The predicted octanol–water partition coefficient (Wildman–Crippen LogP) is 2.22. The maximum absolute atomic E-state index is 12.2. The number of hydrogen-bond donors (Lipinski definition) is 0. The summed E-state index contributed by atoms with van der Waals surface area (Å²) in [6.07, 6.45) is 7.14. The summed E-state index contributed by atoms with van der Waals surface area (Å²) >= 11 is 0. The van der Waals surface area contributed by atoms with Gasteiger partial charge in [-0.25, -0.2) is 18.4 Å². The fraction of sp³-hybridized carbons (Fsp3) is 0.368. The number of aromatic nitrogens is 3. The molecule has 0 bridgehead atoms. The van der Waals surface area contributed by atoms with E-state index in [1.807, 2.05) is 0 Å². The molecule has 0 saturated carbocycles. The van der Waals surface area contributed by atoms with Gasteiger partial charge in [0.05, 0.1) is 5.69 Å². The van der Waals surface area contributed by atoms with Crippen molar-refractivity contribution < 1.29 is 13.2 Å². The molecule has 0 aromatic carbocycles. The second-order valence-electron chi connectivity index (χ2n) is 6.80. The smallest absolute Gasteiger partial charge is 0.248 e. The average molecular weight is 386 g/mol. The minimum atomic E-state index is -3.46. The number of carbonyl (C=O) groups excluding carboxylic acids is 1. The summed E-state index contributed by atoms with van der Waals surface area (Å²) in [5, 5.41) is 0. The summed E-state index contributed by atoms with van der Waals surface area (Å²) in [5.41, 5.74) is 1.82. The summed E-state index contributed by atoms with van der Waals surface area (Å²) in [6, 6.07) is 3.57. The number of pyridine rings is 1. The molecule has 0 atom stereocenters. The molecule has 2 aromatic heterocycles. The van der Waals surface area contributed by atoms with Crippen LogP contribution in [0.2, 0.25) is 0 Å². The number of carbonyl (C=O) groups is 1. The molecule has 3 rings (SSSR count). The summed E-state index contributed by atoms with van der Waals surface area (Å²) < 4.78 is 24.5. The third kappa shape index (κ3) is 4.21. The highest BCUT2D eigenvalue weighted by molar-refractivity contribution is 7.90. The molecule has 2 aromatic rings. The van der Waals surface area contributed by atoms with Crippen LogP contribution in [0.4, 0.5) is 0 Å². The first-order valence-corrected chi connectivity index (χ1v) is 10.6. The Hall–Kier alpha value is -2.61. The molecular formula is C19H22N4O3S. The van der Waals surface area contributed by atoms with Crippen molar-refractivity contribution in [1.82, 2.24) is 19.9 Å². The Labute approximate surface area is 159 Å². The lowest BCUT2D eigenvalue weighted by molar-refractivity contribution is -0.128. The normalized spacial score (nSPS) is 15.6. The van der Waals surface area contributed by atoms with E-state index in [2.05, 4.69) is 21.5 Å². The molecule has 0 radical (unpaired) electrons. The standard InChI is InChI=1S/C19H22N4O3S/c1-13(2)19(24)23-10-6-14(7-11-23)17-16(27(3,25)26)12-21-18(22-17)15-4-8-20-9-5-15/h4-5,8-9,12,14H,1,6-7,10-11H2,2-3H3. The zero-order valence-electron chi connectivity index (χ0n) is 15.4. The molecule has 27 heavy (non-hydrogen) atoms. The number of sulfone groups is 1. The minimum absolute atomic E-state index is 0.0486. The molecular weight excluding hydrogens is 364 g/mol. The summed E-state index contributed by atoms with van der Waals surface area (Å²) in [6.45, 7) is 6.50. The lowest BCUT2D eigenvalue weighted by Crippen LogP contribution is -2.38. The van der Waals surface area contributed by atoms with Crippen LogP contribution in [0.5, 0.6) is 0 Å². The Kier molecular flexibility index (Phi) is 5.36. The monoisotopic (exact) mass is 386 g/mol. The van der Waals surface area contributed by atoms with Crippen molar-refractivity contribution in [3.05, 3.63) is 48.6 Å². The highest BCUT2D eigenvalue weighted by Crippen LogP contribution is 2.32. The van der Waals surface area contributed by atoms with E-state index in [1.165, 1.54) is 12.5 Å². The first kappa shape index (κ1) is 19.2. The van der Waals surface area contributed by atoms with Crippen molar-refractivity contribution in [2.45, 2.75) is 30.6 Å². The molecule has 7 nitrogen and oxygen atoms in total. The maximum Gasteiger partial charge on any atom is 0.248 e. The van der Waals surface area contributed by atoms with Gasteiger partial charge in [0, 0.05) is 55.0 Å². The minimum Gasteiger partial charge on any atom is -0.339 e. The van der Waals surface area contributed by atoms with Gasteiger partial charge in [0.1, 0.15) is 4.90 Å². The van der Waals surface area contributed by atoms with Gasteiger partial charge in [-0.3, -0.25) is 9.78 Å². The molecule has 1 fully saturated rings. The van der Waals surface area contributed by atoms with Crippen molar-refractivity contribution in [3.63, 3.8) is 0 Å². The predicted molar refractivity (Wildman–Crippen MR) is 102 cm³/mol. The van der Waals surface area contributed by atoms with E-state index in [0.29, 0.717) is 43.0 Å². The average Bonchev–Trinajstić information content (AvgIpc) is 2.67. The molecule has 0 N–H and O–H groups in total. The second-order valence-corrected chi connectivity index (χ2v) is 8.78. The molecule has 3 heterocycles. The summed E-state index contributed by atoms with van der Waals surface area (Å²) in [7, 11) is -3.46. The van der Waals surface area contributed by atoms with Crippen LogP contribution in [0.15, 0.2) is 47.8 Å². The highest BCUT2D eigenvalue weighted by Gasteiger charge is 2.29. The topological polar surface area (TPSA) is 93.1 Å². The van der Waals surface area contributed by atoms with Crippen molar-refractivity contribution in [2.24, 2.45) is 0 Å². The highest BCUT2D eigenvalue weighted by atomic mass is 32.2. The number of likely N-dealkylation sites (tertiary alicyclic amines) is 1. The quantitative estimate of drug-likeness (QED) is 0.748. The van der Waals surface area contributed by atoms with Gasteiger partial charge in [0.2, 0.25) is 5.91 Å². The van der Waals surface area contributed by atoms with E-state index in [-0.39, 0.29) is 16.7 Å². The van der Waals surface area contributed by atoms with E-state index in [4.69, 9.17) is 0 Å². The lowest BCUT2D eigenvalue weighted by atomic mass is 9.92. The van der Waals surface area contributed by atoms with Gasteiger partial charge in [0.15, 0.2) is 15.7 Å². The number of piperidine rings is 1. The molecule has 142 valence electrons. The van der Waals surface area contributed by atoms with Crippen LogP contribution in [0.25, 0.3) is 11.4 Å². The van der Waals surface area contributed by atoms with Crippen LogP contribution in [0.3, 0.4) is 0 Å². The van der Waals surface area contributed by atoms with Crippen molar-refractivity contribution in [1.29, 1.82) is 0 Å². The van der Waals surface area contributed by atoms with E-state index in [1.54, 1.807) is 36.4 Å². The van der Waals surface area contributed by atoms with Crippen molar-refractivity contribution in [2.75, 3.05) is 19.3 Å². The first-order valence-electron chi connectivity index (χ1n) is 8.69. The Morgan fingerprint density at radius 2 is 1.85 bits per heavy atom. The molecule has 0 aliphatic carbocycles. The van der Waals surface area contributed by atoms with Gasteiger partial charge in [0.25, 0.3) is 0 Å². The molecule has 1 aliphatic heterocycles. The van der Waals surface area contributed by atoms with Crippen molar-refractivity contribution in [3.8, 4) is 11.4 Å². The van der Waals surface area contributed by atoms with E-state index in [0.717, 1.165) is 5.56 Å². The van der Waals surface area contributed by atoms with Crippen LogP contribution >= 0.6 is 0 Å². The fourth-order valence-corrected chi connectivity index (χ4v) is 4.06. The Bertz CT molecular complexity index is 966. The van der Waals surface area contributed by atoms with E-state index < -0.39 is 9.84 Å². The third-order valence-electron chi connectivity index (χ3n) is 4.65. The van der Waals surface area contributed by atoms with Gasteiger partial charge in [-0.15, -0.1) is 0 Å². The summed E-state index contributed by atoms with van der Waals surface area (Å²) in [4.78, 5) is 26.8. The Morgan fingerprint density at radius 3 is 2.41 bits per heavy atom. The second kappa shape index (κ2) is 7.56. The van der Waals surface area contributed by atoms with Crippen LogP contribution in [0, 0.1) is 0 Å². The van der Waals surface area contributed by atoms with Gasteiger partial charge in [-0.1, -0.05) is 6.58 Å². The number of amides is 1. The number of nitrogens with zero attached hydrogens (tertiary/aromatic N) is 4. The van der Waals surface area contributed by atoms with Crippen LogP contribution < -0.4 is 0 Å². The van der Waals surface area contributed by atoms with Gasteiger partial charge in [-0.05, 0) is 31.9 Å². The van der Waals surface area contributed by atoms with Gasteiger partial charge in [-0.2, -0.15) is 0 Å². The molecule has 1 saturated heterocycles. The third-order valence-corrected chi connectivity index (χ3v) is 5.77. The van der Waals surface area contributed by atoms with E-state index >= 15 is 0 Å². The zero-order chi connectivity index (χ0) is 19.6. The lowest BCUT2D eigenvalue weighted by Gasteiger charge is -2.32. The Balaban J connectivity index is 1.94. The fourth-order valence-electron chi connectivity index (χ4n) is 3.23. The molecule has 0 spiro atoms. The number of hydrogen-bond acceptors (Lipinski definition) is 6. The SMILES string of the molecule is C=C(C)C(=O)N1CCC(c2nc(-c3ccncc3)ncc2S(C)(=O)=O)CC1. The zero-order valence-corrected chi connectivity index (χ0v) is 16.2.